The van der Waals surface area contributed by atoms with E-state index < -0.39 is 6.10 Å². The van der Waals surface area contributed by atoms with Crippen LogP contribution in [0.3, 0.4) is 0 Å². The maximum absolute atomic E-state index is 13.5. The Morgan fingerprint density at radius 3 is 2.19 bits per heavy atom. The number of nitrogens with one attached hydrogen (secondary N) is 1. The molecule has 1 aromatic heterocycles. The van der Waals surface area contributed by atoms with E-state index >= 15 is 0 Å². The summed E-state index contributed by atoms with van der Waals surface area (Å²) in [6.07, 6.45) is 3.06. The molecule has 6 heteroatoms. The van der Waals surface area contributed by atoms with E-state index in [-0.39, 0.29) is 29.7 Å². The first-order chi connectivity index (χ1) is 15.0. The first-order valence-corrected chi connectivity index (χ1v) is 10.4. The van der Waals surface area contributed by atoms with E-state index in [2.05, 4.69) is 10.3 Å². The summed E-state index contributed by atoms with van der Waals surface area (Å²) in [6.45, 7) is 2.96. The van der Waals surface area contributed by atoms with E-state index in [1.165, 1.54) is 24.3 Å². The van der Waals surface area contributed by atoms with E-state index in [4.69, 9.17) is 4.74 Å². The number of aliphatic hydroxyl groups excluding tert-OH is 1. The van der Waals surface area contributed by atoms with Gasteiger partial charge < -0.3 is 15.2 Å². The van der Waals surface area contributed by atoms with Crippen molar-refractivity contribution in [1.82, 2.24) is 10.3 Å². The standard InChI is InChI=1S/C25H26F2N2O2/c1-16-13-28-11-10-19(16)14-29-22-15-31-24(12-23(22)30)25(17-2-6-20(26)7-3-17)18-4-8-21(27)9-5-18/h2-11,13,22-25,29-30H,12,14-15H2,1H3. The van der Waals surface area contributed by atoms with E-state index in [0.717, 1.165) is 22.3 Å². The minimum atomic E-state index is -0.607. The molecule has 1 aliphatic rings. The number of rotatable bonds is 6. The molecule has 3 unspecified atom stereocenters. The molecular formula is C25H26F2N2O2. The van der Waals surface area contributed by atoms with E-state index in [1.807, 2.05) is 19.2 Å². The van der Waals surface area contributed by atoms with Gasteiger partial charge in [-0.2, -0.15) is 0 Å². The average molecular weight is 424 g/mol. The van der Waals surface area contributed by atoms with Crippen LogP contribution in [0, 0.1) is 18.6 Å². The highest BCUT2D eigenvalue weighted by Gasteiger charge is 2.35. The second kappa shape index (κ2) is 9.64. The van der Waals surface area contributed by atoms with Crippen molar-refractivity contribution in [2.75, 3.05) is 6.61 Å². The molecule has 2 N–H and O–H groups in total. The molecule has 0 aliphatic carbocycles. The second-order valence-electron chi connectivity index (χ2n) is 8.05. The number of halogens is 2. The molecule has 1 fully saturated rings. The highest BCUT2D eigenvalue weighted by Crippen LogP contribution is 2.35. The fraction of sp³-hybridized carbons (Fsp3) is 0.320. The Morgan fingerprint density at radius 2 is 1.65 bits per heavy atom. The molecule has 4 nitrogen and oxygen atoms in total. The van der Waals surface area contributed by atoms with E-state index in [0.29, 0.717) is 19.6 Å². The Morgan fingerprint density at radius 1 is 1.03 bits per heavy atom. The smallest absolute Gasteiger partial charge is 0.123 e. The molecule has 3 atom stereocenters. The Kier molecular flexibility index (Phi) is 6.70. The van der Waals surface area contributed by atoms with Crippen LogP contribution in [-0.2, 0) is 11.3 Å². The maximum atomic E-state index is 13.5. The molecule has 1 saturated heterocycles. The van der Waals surface area contributed by atoms with Crippen LogP contribution in [0.2, 0.25) is 0 Å². The van der Waals surface area contributed by atoms with Crippen LogP contribution >= 0.6 is 0 Å². The molecule has 0 spiro atoms. The molecule has 0 bridgehead atoms. The molecule has 162 valence electrons. The van der Waals surface area contributed by atoms with Gasteiger partial charge in [0.25, 0.3) is 0 Å². The first-order valence-electron chi connectivity index (χ1n) is 10.4. The Labute approximate surface area is 180 Å². The molecule has 31 heavy (non-hydrogen) atoms. The lowest BCUT2D eigenvalue weighted by Gasteiger charge is -2.38. The van der Waals surface area contributed by atoms with Gasteiger partial charge in [0.2, 0.25) is 0 Å². The van der Waals surface area contributed by atoms with Gasteiger partial charge in [-0.25, -0.2) is 8.78 Å². The van der Waals surface area contributed by atoms with E-state index in [1.54, 1.807) is 30.5 Å². The lowest BCUT2D eigenvalue weighted by atomic mass is 9.82. The van der Waals surface area contributed by atoms with Crippen LogP contribution in [0.4, 0.5) is 8.78 Å². The number of pyridine rings is 1. The molecule has 2 heterocycles. The summed E-state index contributed by atoms with van der Waals surface area (Å²) in [5, 5.41) is 14.2. The Hall–Kier alpha value is -2.67. The van der Waals surface area contributed by atoms with Crippen LogP contribution in [0.5, 0.6) is 0 Å². The number of ether oxygens (including phenoxy) is 1. The average Bonchev–Trinajstić information content (AvgIpc) is 2.77. The third kappa shape index (κ3) is 5.15. The molecule has 1 aliphatic heterocycles. The molecular weight excluding hydrogens is 398 g/mol. The van der Waals surface area contributed by atoms with Gasteiger partial charge in [-0.15, -0.1) is 0 Å². The van der Waals surface area contributed by atoms with Gasteiger partial charge in [-0.05, 0) is 59.5 Å². The number of benzene rings is 2. The van der Waals surface area contributed by atoms with Crippen molar-refractivity contribution >= 4 is 0 Å². The minimum Gasteiger partial charge on any atom is -0.391 e. The fourth-order valence-electron chi connectivity index (χ4n) is 4.14. The fourth-order valence-corrected chi connectivity index (χ4v) is 4.14. The molecule has 0 radical (unpaired) electrons. The zero-order valence-corrected chi connectivity index (χ0v) is 17.3. The summed E-state index contributed by atoms with van der Waals surface area (Å²) in [6, 6.07) is 14.3. The van der Waals surface area contributed by atoms with Gasteiger partial charge in [0.15, 0.2) is 0 Å². The number of nitrogens with zero attached hydrogens (tertiary/aromatic N) is 1. The van der Waals surface area contributed by atoms with Crippen LogP contribution in [-0.4, -0.2) is 34.9 Å². The summed E-state index contributed by atoms with van der Waals surface area (Å²) in [5.41, 5.74) is 3.94. The topological polar surface area (TPSA) is 54.4 Å². The Balaban J connectivity index is 1.49. The predicted molar refractivity (Wildman–Crippen MR) is 115 cm³/mol. The van der Waals surface area contributed by atoms with Crippen LogP contribution in [0.15, 0.2) is 67.0 Å². The monoisotopic (exact) mass is 424 g/mol. The molecule has 3 aromatic rings. The van der Waals surface area contributed by atoms with Gasteiger partial charge in [0, 0.05) is 31.3 Å². The lowest BCUT2D eigenvalue weighted by Crippen LogP contribution is -2.50. The zero-order chi connectivity index (χ0) is 21.8. The summed E-state index contributed by atoms with van der Waals surface area (Å²) in [5.74, 6) is -0.872. The van der Waals surface area contributed by atoms with Crippen molar-refractivity contribution in [3.63, 3.8) is 0 Å². The van der Waals surface area contributed by atoms with Crippen LogP contribution in [0.25, 0.3) is 0 Å². The third-order valence-corrected chi connectivity index (χ3v) is 5.95. The zero-order valence-electron chi connectivity index (χ0n) is 17.3. The highest BCUT2D eigenvalue weighted by molar-refractivity contribution is 5.34. The number of hydrogen-bond acceptors (Lipinski definition) is 4. The summed E-state index contributed by atoms with van der Waals surface area (Å²) >= 11 is 0. The van der Waals surface area contributed by atoms with Gasteiger partial charge >= 0.3 is 0 Å². The van der Waals surface area contributed by atoms with Crippen LogP contribution in [0.1, 0.15) is 34.6 Å². The summed E-state index contributed by atoms with van der Waals surface area (Å²) < 4.78 is 33.2. The van der Waals surface area contributed by atoms with Gasteiger partial charge in [0.05, 0.1) is 24.9 Å². The third-order valence-electron chi connectivity index (χ3n) is 5.95. The SMILES string of the molecule is Cc1cnccc1CNC1COC(C(c2ccc(F)cc2)c2ccc(F)cc2)CC1O. The number of aromatic nitrogens is 1. The summed E-state index contributed by atoms with van der Waals surface area (Å²) in [7, 11) is 0. The van der Waals surface area contributed by atoms with Crippen molar-refractivity contribution in [2.24, 2.45) is 0 Å². The largest absolute Gasteiger partial charge is 0.391 e. The van der Waals surface area contributed by atoms with Gasteiger partial charge in [0.1, 0.15) is 11.6 Å². The molecule has 0 amide bonds. The van der Waals surface area contributed by atoms with Gasteiger partial charge in [-0.3, -0.25) is 4.98 Å². The quantitative estimate of drug-likeness (QED) is 0.625. The maximum Gasteiger partial charge on any atom is 0.123 e. The first kappa shape index (κ1) is 21.6. The number of hydrogen-bond donors (Lipinski definition) is 2. The number of aliphatic hydroxyl groups is 1. The van der Waals surface area contributed by atoms with Crippen LogP contribution < -0.4 is 5.32 Å². The minimum absolute atomic E-state index is 0.203. The van der Waals surface area contributed by atoms with Crippen molar-refractivity contribution in [3.05, 3.63) is 101 Å². The van der Waals surface area contributed by atoms with Crippen molar-refractivity contribution in [2.45, 2.75) is 44.1 Å². The molecule has 2 aromatic carbocycles. The normalized spacial score (nSPS) is 21.4. The predicted octanol–water partition coefficient (Wildman–Crippen LogP) is 4.11. The second-order valence-corrected chi connectivity index (χ2v) is 8.05. The Bertz CT molecular complexity index is 950. The van der Waals surface area contributed by atoms with Crippen molar-refractivity contribution in [3.8, 4) is 0 Å². The number of aryl methyl sites for hydroxylation is 1. The molecule has 0 saturated carbocycles. The van der Waals surface area contributed by atoms with E-state index in [9.17, 15) is 13.9 Å². The summed E-state index contributed by atoms with van der Waals surface area (Å²) in [4.78, 5) is 4.10. The highest BCUT2D eigenvalue weighted by atomic mass is 19.1. The lowest BCUT2D eigenvalue weighted by molar-refractivity contribution is -0.0718. The van der Waals surface area contributed by atoms with Crippen molar-refractivity contribution in [1.29, 1.82) is 0 Å². The van der Waals surface area contributed by atoms with Crippen molar-refractivity contribution < 1.29 is 18.6 Å². The molecule has 4 rings (SSSR count). The van der Waals surface area contributed by atoms with Gasteiger partial charge in [-0.1, -0.05) is 24.3 Å².